The summed E-state index contributed by atoms with van der Waals surface area (Å²) in [5.41, 5.74) is 1.42. The third-order valence-electron chi connectivity index (χ3n) is 4.51. The van der Waals surface area contributed by atoms with Crippen LogP contribution in [0.5, 0.6) is 0 Å². The summed E-state index contributed by atoms with van der Waals surface area (Å²) in [6, 6.07) is 14.4. The molecule has 0 bridgehead atoms. The van der Waals surface area contributed by atoms with Gasteiger partial charge in [-0.15, -0.1) is 0 Å². The summed E-state index contributed by atoms with van der Waals surface area (Å²) >= 11 is 6.06. The number of halogens is 1. The Balaban J connectivity index is 1.50. The van der Waals surface area contributed by atoms with Crippen LogP contribution in [0.1, 0.15) is 17.4 Å². The Kier molecular flexibility index (Phi) is 4.30. The molecule has 3 aromatic rings. The zero-order chi connectivity index (χ0) is 18.3. The minimum absolute atomic E-state index is 0.103. The molecule has 2 heterocycles. The van der Waals surface area contributed by atoms with E-state index in [1.54, 1.807) is 25.1 Å². The lowest BCUT2D eigenvalue weighted by molar-refractivity contribution is 0.216. The fourth-order valence-corrected chi connectivity index (χ4v) is 4.91. The molecular weight excluding hydrogens is 374 g/mol. The lowest BCUT2D eigenvalue weighted by Crippen LogP contribution is -2.48. The standard InChI is InChI=1S/C18H16ClN3O3S/c1-12-15(19)8-5-9-16(12)26(23,24)22-10-14(11-22)18-20-17(21-25-18)13-6-3-2-4-7-13/h2-9,14H,10-11H2,1H3. The molecule has 0 unspecified atom stereocenters. The van der Waals surface area contributed by atoms with Gasteiger partial charge in [0.25, 0.3) is 0 Å². The molecule has 0 aliphatic carbocycles. The van der Waals surface area contributed by atoms with Crippen molar-refractivity contribution in [2.75, 3.05) is 13.1 Å². The Morgan fingerprint density at radius 3 is 2.58 bits per heavy atom. The number of hydrogen-bond acceptors (Lipinski definition) is 5. The summed E-state index contributed by atoms with van der Waals surface area (Å²) in [5, 5.41) is 4.43. The van der Waals surface area contributed by atoms with E-state index in [-0.39, 0.29) is 10.8 Å². The van der Waals surface area contributed by atoms with Crippen molar-refractivity contribution < 1.29 is 12.9 Å². The van der Waals surface area contributed by atoms with Gasteiger partial charge >= 0.3 is 0 Å². The average molecular weight is 390 g/mol. The molecule has 1 saturated heterocycles. The van der Waals surface area contributed by atoms with Crippen LogP contribution in [-0.2, 0) is 10.0 Å². The van der Waals surface area contributed by atoms with Gasteiger partial charge in [0.15, 0.2) is 0 Å². The summed E-state index contributed by atoms with van der Waals surface area (Å²) in [5.74, 6) is 0.861. The van der Waals surface area contributed by atoms with Crippen molar-refractivity contribution in [1.29, 1.82) is 0 Å². The minimum atomic E-state index is -3.58. The van der Waals surface area contributed by atoms with Gasteiger partial charge in [0.2, 0.25) is 21.7 Å². The number of hydrogen-bond donors (Lipinski definition) is 0. The molecule has 1 aliphatic heterocycles. The van der Waals surface area contributed by atoms with Gasteiger partial charge in [0.05, 0.1) is 10.8 Å². The minimum Gasteiger partial charge on any atom is -0.339 e. The van der Waals surface area contributed by atoms with E-state index in [0.29, 0.717) is 35.4 Å². The van der Waals surface area contributed by atoms with Crippen molar-refractivity contribution in [3.8, 4) is 11.4 Å². The predicted octanol–water partition coefficient (Wildman–Crippen LogP) is 3.49. The maximum atomic E-state index is 12.8. The van der Waals surface area contributed by atoms with E-state index in [1.165, 1.54) is 4.31 Å². The van der Waals surface area contributed by atoms with Gasteiger partial charge in [-0.1, -0.05) is 53.2 Å². The highest BCUT2D eigenvalue weighted by molar-refractivity contribution is 7.89. The Morgan fingerprint density at radius 2 is 1.85 bits per heavy atom. The van der Waals surface area contributed by atoms with Gasteiger partial charge in [-0.3, -0.25) is 0 Å². The molecule has 0 amide bonds. The smallest absolute Gasteiger partial charge is 0.243 e. The van der Waals surface area contributed by atoms with Crippen LogP contribution in [0.3, 0.4) is 0 Å². The molecule has 0 spiro atoms. The molecule has 2 aromatic carbocycles. The molecule has 1 aromatic heterocycles. The van der Waals surface area contributed by atoms with Crippen molar-refractivity contribution in [2.24, 2.45) is 0 Å². The topological polar surface area (TPSA) is 76.3 Å². The van der Waals surface area contributed by atoms with Gasteiger partial charge in [-0.25, -0.2) is 8.42 Å². The predicted molar refractivity (Wildman–Crippen MR) is 97.4 cm³/mol. The largest absolute Gasteiger partial charge is 0.339 e. The molecule has 134 valence electrons. The maximum absolute atomic E-state index is 12.8. The molecule has 1 fully saturated rings. The maximum Gasteiger partial charge on any atom is 0.243 e. The first-order valence-corrected chi connectivity index (χ1v) is 9.93. The fraction of sp³-hybridized carbons (Fsp3) is 0.222. The van der Waals surface area contributed by atoms with Crippen LogP contribution in [0.25, 0.3) is 11.4 Å². The van der Waals surface area contributed by atoms with E-state index in [2.05, 4.69) is 10.1 Å². The molecule has 0 radical (unpaired) electrons. The Bertz CT molecular complexity index is 1040. The van der Waals surface area contributed by atoms with Crippen LogP contribution in [0.15, 0.2) is 57.9 Å². The van der Waals surface area contributed by atoms with E-state index < -0.39 is 10.0 Å². The first-order valence-electron chi connectivity index (χ1n) is 8.11. The number of sulfonamides is 1. The molecule has 4 rings (SSSR count). The van der Waals surface area contributed by atoms with Crippen LogP contribution in [0, 0.1) is 6.92 Å². The fourth-order valence-electron chi connectivity index (χ4n) is 2.90. The Morgan fingerprint density at radius 1 is 1.12 bits per heavy atom. The van der Waals surface area contributed by atoms with Gasteiger partial charge in [0, 0.05) is 23.7 Å². The third-order valence-corrected chi connectivity index (χ3v) is 6.89. The van der Waals surface area contributed by atoms with Crippen molar-refractivity contribution >= 4 is 21.6 Å². The first-order chi connectivity index (χ1) is 12.5. The first kappa shape index (κ1) is 17.2. The number of rotatable bonds is 4. The van der Waals surface area contributed by atoms with Crippen molar-refractivity contribution in [3.05, 3.63) is 65.0 Å². The van der Waals surface area contributed by atoms with Gasteiger partial charge in [-0.2, -0.15) is 9.29 Å². The summed E-state index contributed by atoms with van der Waals surface area (Å²) < 4.78 is 32.3. The van der Waals surface area contributed by atoms with E-state index >= 15 is 0 Å². The van der Waals surface area contributed by atoms with E-state index in [4.69, 9.17) is 16.1 Å². The highest BCUT2D eigenvalue weighted by atomic mass is 35.5. The van der Waals surface area contributed by atoms with E-state index in [1.807, 2.05) is 30.3 Å². The zero-order valence-corrected chi connectivity index (χ0v) is 15.5. The average Bonchev–Trinajstić information content (AvgIpc) is 3.06. The lowest BCUT2D eigenvalue weighted by Gasteiger charge is -2.36. The second-order valence-corrected chi connectivity index (χ2v) is 8.52. The molecule has 1 aliphatic rings. The highest BCUT2D eigenvalue weighted by Crippen LogP contribution is 2.34. The second kappa shape index (κ2) is 6.50. The summed E-state index contributed by atoms with van der Waals surface area (Å²) in [6.45, 7) is 2.33. The van der Waals surface area contributed by atoms with Crippen LogP contribution in [0.4, 0.5) is 0 Å². The number of aromatic nitrogens is 2. The SMILES string of the molecule is Cc1c(Cl)cccc1S(=O)(=O)N1CC(c2nc(-c3ccccc3)no2)C1. The van der Waals surface area contributed by atoms with Crippen molar-refractivity contribution in [3.63, 3.8) is 0 Å². The second-order valence-electron chi connectivity index (χ2n) is 6.20. The third kappa shape index (κ3) is 2.92. The normalized spacial score (nSPS) is 15.8. The van der Waals surface area contributed by atoms with E-state index in [0.717, 1.165) is 5.56 Å². The van der Waals surface area contributed by atoms with Crippen molar-refractivity contribution in [2.45, 2.75) is 17.7 Å². The molecule has 26 heavy (non-hydrogen) atoms. The van der Waals surface area contributed by atoms with E-state index in [9.17, 15) is 8.42 Å². The van der Waals surface area contributed by atoms with Crippen LogP contribution < -0.4 is 0 Å². The molecule has 0 N–H and O–H groups in total. The van der Waals surface area contributed by atoms with Crippen LogP contribution in [0.2, 0.25) is 5.02 Å². The summed E-state index contributed by atoms with van der Waals surface area (Å²) in [6.07, 6.45) is 0. The molecule has 0 atom stereocenters. The number of nitrogens with zero attached hydrogens (tertiary/aromatic N) is 3. The Labute approximate surface area is 156 Å². The van der Waals surface area contributed by atoms with Crippen LogP contribution >= 0.6 is 11.6 Å². The van der Waals surface area contributed by atoms with Gasteiger partial charge in [-0.05, 0) is 24.6 Å². The molecular formula is C18H16ClN3O3S. The number of benzene rings is 2. The molecule has 6 nitrogen and oxygen atoms in total. The van der Waals surface area contributed by atoms with Crippen LogP contribution in [-0.4, -0.2) is 36.0 Å². The zero-order valence-electron chi connectivity index (χ0n) is 14.0. The highest BCUT2D eigenvalue weighted by Gasteiger charge is 2.41. The summed E-state index contributed by atoms with van der Waals surface area (Å²) in [4.78, 5) is 4.64. The van der Waals surface area contributed by atoms with Gasteiger partial charge < -0.3 is 4.52 Å². The summed E-state index contributed by atoms with van der Waals surface area (Å²) in [7, 11) is -3.58. The lowest BCUT2D eigenvalue weighted by atomic mass is 10.0. The Hall–Kier alpha value is -2.22. The molecule has 0 saturated carbocycles. The monoisotopic (exact) mass is 389 g/mol. The molecule has 8 heteroatoms. The quantitative estimate of drug-likeness (QED) is 0.682. The van der Waals surface area contributed by atoms with Crippen molar-refractivity contribution in [1.82, 2.24) is 14.4 Å². The van der Waals surface area contributed by atoms with Gasteiger partial charge in [0.1, 0.15) is 0 Å².